The first-order valence-corrected chi connectivity index (χ1v) is 9.99. The summed E-state index contributed by atoms with van der Waals surface area (Å²) in [6.45, 7) is 1.32. The lowest BCUT2D eigenvalue weighted by Crippen LogP contribution is -2.02. The van der Waals surface area contributed by atoms with Gasteiger partial charge in [0.05, 0.1) is 0 Å². The summed E-state index contributed by atoms with van der Waals surface area (Å²) in [6, 6.07) is 37.7. The second-order valence-corrected chi connectivity index (χ2v) is 6.87. The quantitative estimate of drug-likeness (QED) is 0.469. The van der Waals surface area contributed by atoms with Crippen LogP contribution in [0.15, 0.2) is 109 Å². The number of rotatable bonds is 5. The molecule has 2 heteroatoms. The SMILES string of the molecule is NCCc1ccc(-c2ccccc2)cc1.NCc1ccc(-c2ccccc2)cc1. The van der Waals surface area contributed by atoms with Crippen LogP contribution in [0, 0.1) is 0 Å². The van der Waals surface area contributed by atoms with Crippen molar-refractivity contribution in [2.24, 2.45) is 11.5 Å². The van der Waals surface area contributed by atoms with E-state index in [1.54, 1.807) is 0 Å². The molecule has 0 saturated carbocycles. The minimum absolute atomic E-state index is 0.606. The molecule has 0 unspecified atom stereocenters. The second kappa shape index (κ2) is 11.0. The summed E-state index contributed by atoms with van der Waals surface area (Å²) < 4.78 is 0. The van der Waals surface area contributed by atoms with E-state index in [1.165, 1.54) is 33.4 Å². The number of hydrogen-bond acceptors (Lipinski definition) is 2. The molecule has 0 atom stereocenters. The summed E-state index contributed by atoms with van der Waals surface area (Å²) in [6.07, 6.45) is 0.953. The summed E-state index contributed by atoms with van der Waals surface area (Å²) >= 11 is 0. The molecule has 4 aromatic rings. The van der Waals surface area contributed by atoms with Gasteiger partial charge in [-0.05, 0) is 46.3 Å². The first kappa shape index (κ1) is 20.5. The number of hydrogen-bond donors (Lipinski definition) is 2. The van der Waals surface area contributed by atoms with Crippen LogP contribution in [0.5, 0.6) is 0 Å². The average Bonchev–Trinajstić information content (AvgIpc) is 2.81. The van der Waals surface area contributed by atoms with E-state index >= 15 is 0 Å². The van der Waals surface area contributed by atoms with Gasteiger partial charge in [-0.3, -0.25) is 0 Å². The van der Waals surface area contributed by atoms with Crippen LogP contribution in [-0.4, -0.2) is 6.54 Å². The predicted octanol–water partition coefficient (Wildman–Crippen LogP) is 5.67. The second-order valence-electron chi connectivity index (χ2n) is 6.87. The van der Waals surface area contributed by atoms with Crippen molar-refractivity contribution in [1.29, 1.82) is 0 Å². The summed E-state index contributed by atoms with van der Waals surface area (Å²) in [4.78, 5) is 0. The zero-order valence-electron chi connectivity index (χ0n) is 16.7. The van der Waals surface area contributed by atoms with Crippen LogP contribution in [0.3, 0.4) is 0 Å². The van der Waals surface area contributed by atoms with Gasteiger partial charge < -0.3 is 11.5 Å². The van der Waals surface area contributed by atoms with E-state index in [-0.39, 0.29) is 0 Å². The van der Waals surface area contributed by atoms with Gasteiger partial charge in [0.1, 0.15) is 0 Å². The van der Waals surface area contributed by atoms with E-state index in [0.29, 0.717) is 13.1 Å². The maximum atomic E-state index is 5.54. The maximum absolute atomic E-state index is 5.54. The highest BCUT2D eigenvalue weighted by Crippen LogP contribution is 2.20. The van der Waals surface area contributed by atoms with Gasteiger partial charge in [0.15, 0.2) is 0 Å². The fourth-order valence-electron chi connectivity index (χ4n) is 3.13. The fraction of sp³-hybridized carbons (Fsp3) is 0.111. The van der Waals surface area contributed by atoms with Crippen molar-refractivity contribution in [3.8, 4) is 22.3 Å². The molecule has 0 aliphatic carbocycles. The van der Waals surface area contributed by atoms with Gasteiger partial charge in [0.25, 0.3) is 0 Å². The lowest BCUT2D eigenvalue weighted by Gasteiger charge is -2.03. The summed E-state index contributed by atoms with van der Waals surface area (Å²) in [5, 5.41) is 0. The Morgan fingerprint density at radius 3 is 1.17 bits per heavy atom. The third-order valence-electron chi connectivity index (χ3n) is 4.79. The normalized spacial score (nSPS) is 10.1. The molecule has 4 N–H and O–H groups in total. The molecule has 0 aromatic heterocycles. The Kier molecular flexibility index (Phi) is 7.76. The van der Waals surface area contributed by atoms with Crippen LogP contribution >= 0.6 is 0 Å². The van der Waals surface area contributed by atoms with Gasteiger partial charge in [-0.15, -0.1) is 0 Å². The van der Waals surface area contributed by atoms with Crippen molar-refractivity contribution < 1.29 is 0 Å². The molecule has 2 nitrogen and oxygen atoms in total. The standard InChI is InChI=1S/C14H15N.C13H13N/c15-11-10-12-6-8-14(9-7-12)13-4-2-1-3-5-13;14-10-11-6-8-13(9-7-11)12-4-2-1-3-5-12/h1-9H,10-11,15H2;1-9H,10,14H2. The van der Waals surface area contributed by atoms with Gasteiger partial charge in [-0.1, -0.05) is 109 Å². The van der Waals surface area contributed by atoms with Crippen molar-refractivity contribution in [2.45, 2.75) is 13.0 Å². The smallest absolute Gasteiger partial charge is 0.0178 e. The molecule has 0 radical (unpaired) electrons. The Balaban J connectivity index is 0.000000166. The molecule has 0 amide bonds. The Morgan fingerprint density at radius 1 is 0.414 bits per heavy atom. The van der Waals surface area contributed by atoms with Crippen LogP contribution in [0.1, 0.15) is 11.1 Å². The molecule has 0 aliphatic heterocycles. The third-order valence-corrected chi connectivity index (χ3v) is 4.79. The largest absolute Gasteiger partial charge is 0.330 e. The monoisotopic (exact) mass is 380 g/mol. The van der Waals surface area contributed by atoms with E-state index in [4.69, 9.17) is 11.5 Å². The Labute approximate surface area is 173 Å². The average molecular weight is 381 g/mol. The Morgan fingerprint density at radius 2 is 0.793 bits per heavy atom. The van der Waals surface area contributed by atoms with Crippen LogP contribution in [0.4, 0.5) is 0 Å². The highest BCUT2D eigenvalue weighted by molar-refractivity contribution is 5.64. The Bertz CT molecular complexity index is 960. The molecule has 29 heavy (non-hydrogen) atoms. The van der Waals surface area contributed by atoms with Gasteiger partial charge >= 0.3 is 0 Å². The van der Waals surface area contributed by atoms with Gasteiger partial charge in [-0.25, -0.2) is 0 Å². The molecule has 4 aromatic carbocycles. The lowest BCUT2D eigenvalue weighted by molar-refractivity contribution is 0.969. The zero-order chi connectivity index (χ0) is 20.3. The first-order valence-electron chi connectivity index (χ1n) is 9.99. The molecular formula is C27H28N2. The predicted molar refractivity (Wildman–Crippen MR) is 124 cm³/mol. The number of nitrogens with two attached hydrogens (primary N) is 2. The lowest BCUT2D eigenvalue weighted by atomic mass is 10.0. The van der Waals surface area contributed by atoms with Crippen LogP contribution in [-0.2, 0) is 13.0 Å². The molecule has 0 aliphatic rings. The van der Waals surface area contributed by atoms with E-state index in [1.807, 2.05) is 24.3 Å². The Hall–Kier alpha value is -3.20. The fourth-order valence-corrected chi connectivity index (χ4v) is 3.13. The first-order chi connectivity index (χ1) is 14.3. The molecule has 0 spiro atoms. The van der Waals surface area contributed by atoms with Crippen molar-refractivity contribution >= 4 is 0 Å². The zero-order valence-corrected chi connectivity index (χ0v) is 16.7. The number of benzene rings is 4. The molecular weight excluding hydrogens is 352 g/mol. The van der Waals surface area contributed by atoms with E-state index in [0.717, 1.165) is 6.42 Å². The maximum Gasteiger partial charge on any atom is 0.0178 e. The highest BCUT2D eigenvalue weighted by Gasteiger charge is 1.97. The van der Waals surface area contributed by atoms with Crippen molar-refractivity contribution in [3.05, 3.63) is 120 Å². The van der Waals surface area contributed by atoms with Crippen molar-refractivity contribution in [1.82, 2.24) is 0 Å². The van der Waals surface area contributed by atoms with Crippen LogP contribution in [0.25, 0.3) is 22.3 Å². The molecule has 146 valence electrons. The molecule has 0 saturated heterocycles. The van der Waals surface area contributed by atoms with Gasteiger partial charge in [0.2, 0.25) is 0 Å². The molecule has 0 heterocycles. The molecule has 0 bridgehead atoms. The van der Waals surface area contributed by atoms with Crippen molar-refractivity contribution in [3.63, 3.8) is 0 Å². The minimum Gasteiger partial charge on any atom is -0.330 e. The summed E-state index contributed by atoms with van der Waals surface area (Å²) in [5.74, 6) is 0. The topological polar surface area (TPSA) is 52.0 Å². The van der Waals surface area contributed by atoms with Gasteiger partial charge in [-0.2, -0.15) is 0 Å². The summed E-state index contributed by atoms with van der Waals surface area (Å²) in [7, 11) is 0. The van der Waals surface area contributed by atoms with E-state index in [2.05, 4.69) is 84.9 Å². The minimum atomic E-state index is 0.606. The highest BCUT2D eigenvalue weighted by atomic mass is 14.5. The summed E-state index contributed by atoms with van der Waals surface area (Å²) in [5.41, 5.74) is 18.5. The van der Waals surface area contributed by atoms with E-state index in [9.17, 15) is 0 Å². The van der Waals surface area contributed by atoms with Crippen LogP contribution in [0.2, 0.25) is 0 Å². The van der Waals surface area contributed by atoms with E-state index < -0.39 is 0 Å². The van der Waals surface area contributed by atoms with Crippen LogP contribution < -0.4 is 11.5 Å². The van der Waals surface area contributed by atoms with Gasteiger partial charge in [0, 0.05) is 6.54 Å². The van der Waals surface area contributed by atoms with Crippen molar-refractivity contribution in [2.75, 3.05) is 6.54 Å². The molecule has 0 fully saturated rings. The third kappa shape index (κ3) is 6.15. The molecule has 4 rings (SSSR count).